The summed E-state index contributed by atoms with van der Waals surface area (Å²) >= 11 is 1.42. The minimum Gasteiger partial charge on any atom is -0.495 e. The second kappa shape index (κ2) is 10.0. The lowest BCUT2D eigenvalue weighted by Gasteiger charge is -2.27. The van der Waals surface area contributed by atoms with Gasteiger partial charge in [0.1, 0.15) is 21.7 Å². The van der Waals surface area contributed by atoms with E-state index < -0.39 is 0 Å². The van der Waals surface area contributed by atoms with Crippen molar-refractivity contribution >= 4 is 32.6 Å². The molecule has 0 atom stereocenters. The molecule has 1 amide bonds. The van der Waals surface area contributed by atoms with Crippen LogP contribution >= 0.6 is 11.3 Å². The van der Waals surface area contributed by atoms with Crippen LogP contribution in [0.1, 0.15) is 16.8 Å². The first kappa shape index (κ1) is 22.7. The smallest absolute Gasteiger partial charge is 0.260 e. The lowest BCUT2D eigenvalue weighted by atomic mass is 10.1. The van der Waals surface area contributed by atoms with Crippen LogP contribution in [0, 0.1) is 0 Å². The van der Waals surface area contributed by atoms with E-state index in [1.54, 1.807) is 37.3 Å². The Kier molecular flexibility index (Phi) is 6.70. The summed E-state index contributed by atoms with van der Waals surface area (Å²) in [6.07, 6.45) is 0.806. The molecule has 180 valence electrons. The minimum atomic E-state index is -0.141. The van der Waals surface area contributed by atoms with Crippen molar-refractivity contribution in [3.05, 3.63) is 35.9 Å². The Bertz CT molecular complexity index is 1140. The summed E-state index contributed by atoms with van der Waals surface area (Å²) < 4.78 is 28.2. The number of ether oxygens (including phenoxy) is 5. The van der Waals surface area contributed by atoms with Crippen LogP contribution in [-0.2, 0) is 4.74 Å². The molecule has 10 heteroatoms. The van der Waals surface area contributed by atoms with Crippen molar-refractivity contribution in [2.75, 3.05) is 65.3 Å². The molecule has 0 aliphatic carbocycles. The lowest BCUT2D eigenvalue weighted by molar-refractivity contribution is 0.0376. The van der Waals surface area contributed by atoms with Crippen molar-refractivity contribution in [2.45, 2.75) is 6.42 Å². The number of carbonyl (C=O) groups excluding carboxylic acids is 1. The van der Waals surface area contributed by atoms with E-state index in [2.05, 4.69) is 4.90 Å². The third-order valence-corrected chi connectivity index (χ3v) is 7.05. The maximum absolute atomic E-state index is 13.7. The number of carbonyl (C=O) groups is 1. The van der Waals surface area contributed by atoms with E-state index in [0.29, 0.717) is 45.8 Å². The van der Waals surface area contributed by atoms with Gasteiger partial charge in [0.25, 0.3) is 5.91 Å². The zero-order chi connectivity index (χ0) is 23.5. The number of amides is 1. The lowest BCUT2D eigenvalue weighted by Crippen LogP contribution is -2.39. The van der Waals surface area contributed by atoms with Crippen molar-refractivity contribution in [1.82, 2.24) is 9.88 Å². The first-order valence-corrected chi connectivity index (χ1v) is 12.0. The molecular formula is C24H27N3O6S. The first-order chi connectivity index (χ1) is 16.7. The highest BCUT2D eigenvalue weighted by Crippen LogP contribution is 2.41. The van der Waals surface area contributed by atoms with Crippen LogP contribution < -0.4 is 23.8 Å². The fraction of sp³-hybridized carbons (Fsp3) is 0.417. The highest BCUT2D eigenvalue weighted by atomic mass is 32.1. The average molecular weight is 486 g/mol. The largest absolute Gasteiger partial charge is 0.495 e. The van der Waals surface area contributed by atoms with Crippen LogP contribution in [0.25, 0.3) is 10.2 Å². The van der Waals surface area contributed by atoms with E-state index in [4.69, 9.17) is 28.7 Å². The van der Waals surface area contributed by atoms with Gasteiger partial charge in [-0.2, -0.15) is 0 Å². The molecule has 0 radical (unpaired) electrons. The van der Waals surface area contributed by atoms with Gasteiger partial charge in [0, 0.05) is 31.7 Å². The van der Waals surface area contributed by atoms with Gasteiger partial charge < -0.3 is 23.7 Å². The van der Waals surface area contributed by atoms with E-state index in [-0.39, 0.29) is 12.7 Å². The quantitative estimate of drug-likeness (QED) is 0.480. The molecule has 1 fully saturated rings. The highest BCUT2D eigenvalue weighted by Gasteiger charge is 2.26. The number of nitrogens with zero attached hydrogens (tertiary/aromatic N) is 3. The van der Waals surface area contributed by atoms with Gasteiger partial charge in [0.2, 0.25) is 6.79 Å². The number of benzene rings is 2. The number of thiazole rings is 1. The van der Waals surface area contributed by atoms with Gasteiger partial charge in [0.15, 0.2) is 16.6 Å². The molecule has 2 aromatic carbocycles. The molecule has 34 heavy (non-hydrogen) atoms. The first-order valence-electron chi connectivity index (χ1n) is 11.2. The fourth-order valence-electron chi connectivity index (χ4n) is 4.14. The number of fused-ring (bicyclic) bond motifs is 2. The van der Waals surface area contributed by atoms with Crippen molar-refractivity contribution in [2.24, 2.45) is 0 Å². The highest BCUT2D eigenvalue weighted by molar-refractivity contribution is 7.22. The summed E-state index contributed by atoms with van der Waals surface area (Å²) in [5.74, 6) is 2.42. The standard InChI is InChI=1S/C24H27N3O6S/c1-29-18-6-7-19(30-2)22-21(18)25-24(34-22)27(9-3-8-26-10-12-31-13-11-26)23(28)16-4-5-17-20(14-16)33-15-32-17/h4-7,14H,3,8-13,15H2,1-2H3. The van der Waals surface area contributed by atoms with Gasteiger partial charge in [-0.05, 0) is 36.8 Å². The van der Waals surface area contributed by atoms with Crippen LogP contribution in [0.3, 0.4) is 0 Å². The molecule has 0 saturated carbocycles. The summed E-state index contributed by atoms with van der Waals surface area (Å²) in [4.78, 5) is 22.6. The Morgan fingerprint density at radius 2 is 1.85 bits per heavy atom. The maximum Gasteiger partial charge on any atom is 0.260 e. The van der Waals surface area contributed by atoms with Crippen molar-refractivity contribution in [3.8, 4) is 23.0 Å². The molecule has 1 aromatic heterocycles. The van der Waals surface area contributed by atoms with E-state index in [1.807, 2.05) is 12.1 Å². The molecule has 0 spiro atoms. The van der Waals surface area contributed by atoms with Crippen molar-refractivity contribution in [1.29, 1.82) is 0 Å². The zero-order valence-electron chi connectivity index (χ0n) is 19.2. The van der Waals surface area contributed by atoms with Gasteiger partial charge >= 0.3 is 0 Å². The Morgan fingerprint density at radius 1 is 1.09 bits per heavy atom. The van der Waals surface area contributed by atoms with Crippen LogP contribution in [0.15, 0.2) is 30.3 Å². The van der Waals surface area contributed by atoms with Gasteiger partial charge in [-0.15, -0.1) is 0 Å². The summed E-state index contributed by atoms with van der Waals surface area (Å²) in [5.41, 5.74) is 1.20. The number of hydrogen-bond donors (Lipinski definition) is 0. The summed E-state index contributed by atoms with van der Waals surface area (Å²) in [7, 11) is 3.23. The number of hydrogen-bond acceptors (Lipinski definition) is 9. The summed E-state index contributed by atoms with van der Waals surface area (Å²) in [6, 6.07) is 8.94. The van der Waals surface area contributed by atoms with E-state index in [0.717, 1.165) is 44.0 Å². The van der Waals surface area contributed by atoms with Gasteiger partial charge in [-0.3, -0.25) is 14.6 Å². The molecule has 0 bridgehead atoms. The molecule has 0 unspecified atom stereocenters. The van der Waals surface area contributed by atoms with Crippen LogP contribution in [0.5, 0.6) is 23.0 Å². The minimum absolute atomic E-state index is 0.141. The van der Waals surface area contributed by atoms with Gasteiger partial charge in [0.05, 0.1) is 27.4 Å². The normalized spacial score (nSPS) is 15.5. The summed E-state index contributed by atoms with van der Waals surface area (Å²) in [6.45, 7) is 4.88. The molecule has 2 aliphatic heterocycles. The topological polar surface area (TPSA) is 82.6 Å². The molecule has 0 N–H and O–H groups in total. The maximum atomic E-state index is 13.7. The third kappa shape index (κ3) is 4.48. The summed E-state index contributed by atoms with van der Waals surface area (Å²) in [5, 5.41) is 0.599. The average Bonchev–Trinajstić information content (AvgIpc) is 3.53. The Labute approximate surface area is 201 Å². The molecule has 9 nitrogen and oxygen atoms in total. The van der Waals surface area contributed by atoms with Crippen molar-refractivity contribution < 1.29 is 28.5 Å². The number of morpholine rings is 1. The Morgan fingerprint density at radius 3 is 2.65 bits per heavy atom. The number of anilines is 1. The molecule has 3 heterocycles. The van der Waals surface area contributed by atoms with Crippen LogP contribution in [0.2, 0.25) is 0 Å². The number of rotatable bonds is 8. The number of aromatic nitrogens is 1. The van der Waals surface area contributed by atoms with Gasteiger partial charge in [-0.1, -0.05) is 11.3 Å². The molecule has 1 saturated heterocycles. The third-order valence-electron chi connectivity index (χ3n) is 5.95. The molecule has 2 aliphatic rings. The monoisotopic (exact) mass is 485 g/mol. The van der Waals surface area contributed by atoms with Crippen LogP contribution in [-0.4, -0.2) is 76.2 Å². The van der Waals surface area contributed by atoms with E-state index in [1.165, 1.54) is 11.3 Å². The Hall–Kier alpha value is -3.08. The second-order valence-corrected chi connectivity index (χ2v) is 8.95. The SMILES string of the molecule is COc1ccc(OC)c2sc(N(CCCN3CCOCC3)C(=O)c3ccc4c(c3)OCO4)nc12. The Balaban J connectivity index is 1.46. The molecular weight excluding hydrogens is 458 g/mol. The van der Waals surface area contributed by atoms with Gasteiger partial charge in [-0.25, -0.2) is 4.98 Å². The fourth-order valence-corrected chi connectivity index (χ4v) is 5.24. The zero-order valence-corrected chi connectivity index (χ0v) is 20.1. The van der Waals surface area contributed by atoms with E-state index >= 15 is 0 Å². The molecule has 3 aromatic rings. The predicted molar refractivity (Wildman–Crippen MR) is 129 cm³/mol. The van der Waals surface area contributed by atoms with Crippen molar-refractivity contribution in [3.63, 3.8) is 0 Å². The van der Waals surface area contributed by atoms with E-state index in [9.17, 15) is 4.79 Å². The number of methoxy groups -OCH3 is 2. The molecule has 5 rings (SSSR count). The second-order valence-electron chi connectivity index (χ2n) is 7.98. The van der Waals surface area contributed by atoms with Crippen LogP contribution in [0.4, 0.5) is 5.13 Å². The predicted octanol–water partition coefficient (Wildman–Crippen LogP) is 3.41.